The largest absolute Gasteiger partial charge is 0.493 e. The Morgan fingerprint density at radius 2 is 1.84 bits per heavy atom. The number of ether oxygens (including phenoxy) is 2. The van der Waals surface area contributed by atoms with Crippen LogP contribution in [0.4, 0.5) is 5.69 Å². The molecule has 130 valence electrons. The fourth-order valence-corrected chi connectivity index (χ4v) is 2.16. The van der Waals surface area contributed by atoms with Crippen LogP contribution in [0.2, 0.25) is 0 Å². The van der Waals surface area contributed by atoms with Crippen molar-refractivity contribution in [1.82, 2.24) is 0 Å². The van der Waals surface area contributed by atoms with E-state index in [0.717, 1.165) is 5.56 Å². The van der Waals surface area contributed by atoms with Crippen molar-refractivity contribution >= 4 is 23.6 Å². The van der Waals surface area contributed by atoms with Crippen LogP contribution in [0.3, 0.4) is 0 Å². The molecular formula is C19H20N2O4. The minimum absolute atomic E-state index is 0.170. The van der Waals surface area contributed by atoms with Crippen LogP contribution in [0.25, 0.3) is 6.08 Å². The number of anilines is 1. The fourth-order valence-electron chi connectivity index (χ4n) is 2.16. The zero-order valence-corrected chi connectivity index (χ0v) is 14.1. The fraction of sp³-hybridized carbons (Fsp3) is 0.158. The van der Waals surface area contributed by atoms with Crippen LogP contribution in [0.5, 0.6) is 11.5 Å². The number of allylic oxidation sites excluding steroid dienone is 1. The first-order valence-electron chi connectivity index (χ1n) is 7.66. The molecule has 6 nitrogen and oxygen atoms in total. The van der Waals surface area contributed by atoms with Crippen molar-refractivity contribution in [3.63, 3.8) is 0 Å². The third-order valence-corrected chi connectivity index (χ3v) is 3.36. The smallest absolute Gasteiger partial charge is 0.262 e. The molecule has 2 rings (SSSR count). The summed E-state index contributed by atoms with van der Waals surface area (Å²) in [5.74, 6) is 0.185. The average molecular weight is 340 g/mol. The van der Waals surface area contributed by atoms with Gasteiger partial charge in [-0.15, -0.1) is 0 Å². The average Bonchev–Trinajstić information content (AvgIpc) is 2.61. The van der Waals surface area contributed by atoms with Gasteiger partial charge in [-0.2, -0.15) is 0 Å². The van der Waals surface area contributed by atoms with Crippen molar-refractivity contribution in [2.24, 2.45) is 5.73 Å². The quantitative estimate of drug-likeness (QED) is 0.811. The van der Waals surface area contributed by atoms with Gasteiger partial charge in [-0.3, -0.25) is 9.59 Å². The Kier molecular flexibility index (Phi) is 6.17. The first-order valence-corrected chi connectivity index (χ1v) is 7.66. The number of nitrogens with one attached hydrogen (secondary N) is 1. The molecule has 0 unspecified atom stereocenters. The summed E-state index contributed by atoms with van der Waals surface area (Å²) in [7, 11) is 1.54. The highest BCUT2D eigenvalue weighted by atomic mass is 16.5. The van der Waals surface area contributed by atoms with Gasteiger partial charge in [0.2, 0.25) is 5.91 Å². The second-order valence-corrected chi connectivity index (χ2v) is 5.19. The Morgan fingerprint density at radius 1 is 1.12 bits per heavy atom. The minimum Gasteiger partial charge on any atom is -0.493 e. The third kappa shape index (κ3) is 5.10. The second kappa shape index (κ2) is 8.54. The summed E-state index contributed by atoms with van der Waals surface area (Å²) < 4.78 is 10.8. The van der Waals surface area contributed by atoms with Crippen molar-refractivity contribution < 1.29 is 19.1 Å². The SMILES string of the molecule is C/C=C/c1ccc(OCC(=O)Nc2ccc(C(N)=O)cc2)c(OC)c1. The van der Waals surface area contributed by atoms with Crippen molar-refractivity contribution in [1.29, 1.82) is 0 Å². The Bertz CT molecular complexity index is 783. The number of hydrogen-bond acceptors (Lipinski definition) is 4. The molecule has 0 heterocycles. The number of amides is 2. The molecule has 0 aliphatic heterocycles. The number of benzene rings is 2. The lowest BCUT2D eigenvalue weighted by Crippen LogP contribution is -2.20. The summed E-state index contributed by atoms with van der Waals surface area (Å²) >= 11 is 0. The van der Waals surface area contributed by atoms with Crippen molar-refractivity contribution in [3.8, 4) is 11.5 Å². The van der Waals surface area contributed by atoms with Crippen LogP contribution >= 0.6 is 0 Å². The molecule has 6 heteroatoms. The Hall–Kier alpha value is -3.28. The van der Waals surface area contributed by atoms with Crippen molar-refractivity contribution in [3.05, 3.63) is 59.7 Å². The van der Waals surface area contributed by atoms with E-state index >= 15 is 0 Å². The normalized spacial score (nSPS) is 10.5. The molecule has 2 aromatic rings. The topological polar surface area (TPSA) is 90.6 Å². The highest BCUT2D eigenvalue weighted by molar-refractivity contribution is 5.95. The number of nitrogens with two attached hydrogens (primary N) is 1. The number of primary amides is 1. The molecule has 0 saturated carbocycles. The van der Waals surface area contributed by atoms with Crippen LogP contribution in [0.15, 0.2) is 48.5 Å². The van der Waals surface area contributed by atoms with Crippen LogP contribution in [-0.4, -0.2) is 25.5 Å². The van der Waals surface area contributed by atoms with E-state index in [9.17, 15) is 9.59 Å². The molecule has 0 fully saturated rings. The summed E-state index contributed by atoms with van der Waals surface area (Å²) in [6, 6.07) is 11.7. The van der Waals surface area contributed by atoms with E-state index < -0.39 is 5.91 Å². The van der Waals surface area contributed by atoms with E-state index in [2.05, 4.69) is 5.32 Å². The lowest BCUT2D eigenvalue weighted by Gasteiger charge is -2.11. The summed E-state index contributed by atoms with van der Waals surface area (Å²) in [4.78, 5) is 23.0. The summed E-state index contributed by atoms with van der Waals surface area (Å²) in [6.07, 6.45) is 3.86. The molecule has 25 heavy (non-hydrogen) atoms. The molecule has 0 aliphatic rings. The van der Waals surface area contributed by atoms with E-state index in [1.807, 2.05) is 31.2 Å². The summed E-state index contributed by atoms with van der Waals surface area (Å²) in [5, 5.41) is 2.68. The molecular weight excluding hydrogens is 320 g/mol. The van der Waals surface area contributed by atoms with E-state index in [-0.39, 0.29) is 12.5 Å². The van der Waals surface area contributed by atoms with Gasteiger partial charge in [0.15, 0.2) is 18.1 Å². The van der Waals surface area contributed by atoms with Crippen LogP contribution in [0.1, 0.15) is 22.8 Å². The van der Waals surface area contributed by atoms with Gasteiger partial charge >= 0.3 is 0 Å². The minimum atomic E-state index is -0.519. The van der Waals surface area contributed by atoms with Gasteiger partial charge < -0.3 is 20.5 Å². The highest BCUT2D eigenvalue weighted by Gasteiger charge is 2.09. The first-order chi connectivity index (χ1) is 12.0. The molecule has 0 atom stereocenters. The van der Waals surface area contributed by atoms with Crippen LogP contribution in [0, 0.1) is 0 Å². The van der Waals surface area contributed by atoms with E-state index in [4.69, 9.17) is 15.2 Å². The van der Waals surface area contributed by atoms with Gasteiger partial charge in [0.1, 0.15) is 0 Å². The van der Waals surface area contributed by atoms with Crippen molar-refractivity contribution in [2.75, 3.05) is 19.0 Å². The summed E-state index contributed by atoms with van der Waals surface area (Å²) in [6.45, 7) is 1.76. The molecule has 0 bridgehead atoms. The maximum Gasteiger partial charge on any atom is 0.262 e. The monoisotopic (exact) mass is 340 g/mol. The number of carbonyl (C=O) groups is 2. The number of methoxy groups -OCH3 is 1. The van der Waals surface area contributed by atoms with Crippen LogP contribution in [-0.2, 0) is 4.79 Å². The maximum absolute atomic E-state index is 12.0. The van der Waals surface area contributed by atoms with Gasteiger partial charge in [0, 0.05) is 11.3 Å². The lowest BCUT2D eigenvalue weighted by molar-refractivity contribution is -0.118. The van der Waals surface area contributed by atoms with Gasteiger partial charge in [0.25, 0.3) is 5.91 Å². The van der Waals surface area contributed by atoms with Gasteiger partial charge in [-0.1, -0.05) is 18.2 Å². The Balaban J connectivity index is 1.96. The number of rotatable bonds is 7. The predicted molar refractivity (Wildman–Crippen MR) is 96.8 cm³/mol. The zero-order chi connectivity index (χ0) is 18.2. The van der Waals surface area contributed by atoms with E-state index in [1.54, 1.807) is 37.4 Å². The molecule has 0 aromatic heterocycles. The van der Waals surface area contributed by atoms with E-state index in [1.165, 1.54) is 0 Å². The molecule has 0 saturated heterocycles. The zero-order valence-electron chi connectivity index (χ0n) is 14.1. The molecule has 0 aliphatic carbocycles. The van der Waals surface area contributed by atoms with Crippen molar-refractivity contribution in [2.45, 2.75) is 6.92 Å². The maximum atomic E-state index is 12.0. The molecule has 3 N–H and O–H groups in total. The molecule has 0 radical (unpaired) electrons. The van der Waals surface area contributed by atoms with Gasteiger partial charge in [-0.05, 0) is 48.9 Å². The first kappa shape index (κ1) is 18.1. The molecule has 0 spiro atoms. The third-order valence-electron chi connectivity index (χ3n) is 3.36. The summed E-state index contributed by atoms with van der Waals surface area (Å²) in [5.41, 5.74) is 7.07. The Morgan fingerprint density at radius 3 is 2.44 bits per heavy atom. The number of carbonyl (C=O) groups excluding carboxylic acids is 2. The van der Waals surface area contributed by atoms with Gasteiger partial charge in [0.05, 0.1) is 7.11 Å². The van der Waals surface area contributed by atoms with E-state index in [0.29, 0.717) is 22.7 Å². The molecule has 2 amide bonds. The van der Waals surface area contributed by atoms with Crippen LogP contribution < -0.4 is 20.5 Å². The predicted octanol–water partition coefficient (Wildman–Crippen LogP) is 2.84. The molecule has 2 aromatic carbocycles. The number of hydrogen-bond donors (Lipinski definition) is 2. The lowest BCUT2D eigenvalue weighted by atomic mass is 10.2. The van der Waals surface area contributed by atoms with Gasteiger partial charge in [-0.25, -0.2) is 0 Å². The highest BCUT2D eigenvalue weighted by Crippen LogP contribution is 2.28. The second-order valence-electron chi connectivity index (χ2n) is 5.19. The Labute approximate surface area is 146 Å². The standard InChI is InChI=1S/C19H20N2O4/c1-3-4-13-5-10-16(17(11-13)24-2)25-12-18(22)21-15-8-6-14(7-9-15)19(20)23/h3-11H,12H2,1-2H3,(H2,20,23)(H,21,22)/b4-3+.